The summed E-state index contributed by atoms with van der Waals surface area (Å²) in [6.45, 7) is 4.72. The Bertz CT molecular complexity index is 504. The zero-order valence-corrected chi connectivity index (χ0v) is 11.2. The standard InChI is InChI=1S/C14H17F3N2O/c1-2-19-12-4-3-10(14(15,16)17)5-11(12)18-6-9-7-20-8-13(9)19/h3-5,9,13,18H,2,6-8H2,1H3. The van der Waals surface area contributed by atoms with Crippen molar-refractivity contribution in [3.05, 3.63) is 23.8 Å². The minimum Gasteiger partial charge on any atom is -0.383 e. The number of nitrogens with zero attached hydrogens (tertiary/aromatic N) is 1. The first kappa shape index (κ1) is 13.5. The molecule has 1 saturated heterocycles. The molecule has 2 aliphatic heterocycles. The number of rotatable bonds is 1. The lowest BCUT2D eigenvalue weighted by Gasteiger charge is -2.31. The highest BCUT2D eigenvalue weighted by Gasteiger charge is 2.37. The van der Waals surface area contributed by atoms with Gasteiger partial charge in [0.25, 0.3) is 0 Å². The highest BCUT2D eigenvalue weighted by Crippen LogP contribution is 2.39. The van der Waals surface area contributed by atoms with Crippen LogP contribution >= 0.6 is 0 Å². The van der Waals surface area contributed by atoms with E-state index in [1.807, 2.05) is 6.92 Å². The smallest absolute Gasteiger partial charge is 0.383 e. The molecule has 3 rings (SSSR count). The Balaban J connectivity index is 2.01. The van der Waals surface area contributed by atoms with Crippen LogP contribution in [0.3, 0.4) is 0 Å². The molecular weight excluding hydrogens is 269 g/mol. The van der Waals surface area contributed by atoms with Crippen LogP contribution in [0.5, 0.6) is 0 Å². The SMILES string of the molecule is CCN1c2ccc(C(F)(F)F)cc2NCC2COCC21. The molecule has 0 aliphatic carbocycles. The van der Waals surface area contributed by atoms with Crippen LogP contribution in [0, 0.1) is 5.92 Å². The van der Waals surface area contributed by atoms with E-state index in [2.05, 4.69) is 10.2 Å². The second-order valence-corrected chi connectivity index (χ2v) is 5.26. The Morgan fingerprint density at radius 2 is 2.15 bits per heavy atom. The first-order valence-electron chi connectivity index (χ1n) is 6.80. The van der Waals surface area contributed by atoms with Crippen molar-refractivity contribution >= 4 is 11.4 Å². The maximum Gasteiger partial charge on any atom is 0.416 e. The molecule has 2 aliphatic rings. The molecule has 2 atom stereocenters. The largest absolute Gasteiger partial charge is 0.416 e. The summed E-state index contributed by atoms with van der Waals surface area (Å²) in [4.78, 5) is 2.15. The van der Waals surface area contributed by atoms with E-state index in [-0.39, 0.29) is 6.04 Å². The topological polar surface area (TPSA) is 24.5 Å². The summed E-state index contributed by atoms with van der Waals surface area (Å²) in [5.41, 5.74) is 0.790. The fourth-order valence-electron chi connectivity index (χ4n) is 3.06. The van der Waals surface area contributed by atoms with Crippen LogP contribution in [0.25, 0.3) is 0 Å². The molecule has 1 aromatic carbocycles. The summed E-state index contributed by atoms with van der Waals surface area (Å²) in [6, 6.07) is 4.17. The maximum absolute atomic E-state index is 12.8. The predicted molar refractivity (Wildman–Crippen MR) is 71.1 cm³/mol. The highest BCUT2D eigenvalue weighted by atomic mass is 19.4. The number of alkyl halides is 3. The van der Waals surface area contributed by atoms with Gasteiger partial charge in [0, 0.05) is 19.0 Å². The van der Waals surface area contributed by atoms with Crippen molar-refractivity contribution in [3.8, 4) is 0 Å². The summed E-state index contributed by atoms with van der Waals surface area (Å²) >= 11 is 0. The third-order valence-electron chi connectivity index (χ3n) is 4.09. The van der Waals surface area contributed by atoms with Gasteiger partial charge in [0.1, 0.15) is 0 Å². The van der Waals surface area contributed by atoms with E-state index in [4.69, 9.17) is 4.74 Å². The Labute approximate surface area is 115 Å². The number of anilines is 2. The van der Waals surface area contributed by atoms with Gasteiger partial charge >= 0.3 is 6.18 Å². The lowest BCUT2D eigenvalue weighted by atomic mass is 10.0. The van der Waals surface area contributed by atoms with Gasteiger partial charge in [0.05, 0.1) is 36.2 Å². The van der Waals surface area contributed by atoms with Crippen molar-refractivity contribution < 1.29 is 17.9 Å². The van der Waals surface area contributed by atoms with Crippen molar-refractivity contribution in [2.75, 3.05) is 36.5 Å². The molecule has 0 amide bonds. The average molecular weight is 286 g/mol. The van der Waals surface area contributed by atoms with E-state index in [1.165, 1.54) is 6.07 Å². The van der Waals surface area contributed by atoms with Crippen molar-refractivity contribution in [2.45, 2.75) is 19.1 Å². The van der Waals surface area contributed by atoms with Crippen LogP contribution in [0.15, 0.2) is 18.2 Å². The van der Waals surface area contributed by atoms with Gasteiger partial charge in [-0.2, -0.15) is 13.2 Å². The van der Waals surface area contributed by atoms with E-state index in [1.54, 1.807) is 6.07 Å². The van der Waals surface area contributed by atoms with Gasteiger partial charge in [-0.1, -0.05) is 0 Å². The van der Waals surface area contributed by atoms with Gasteiger partial charge in [-0.05, 0) is 25.1 Å². The maximum atomic E-state index is 12.8. The van der Waals surface area contributed by atoms with Crippen LogP contribution in [-0.4, -0.2) is 32.3 Å². The molecule has 3 nitrogen and oxygen atoms in total. The third kappa shape index (κ3) is 2.22. The van der Waals surface area contributed by atoms with Gasteiger partial charge in [-0.3, -0.25) is 0 Å². The van der Waals surface area contributed by atoms with Crippen molar-refractivity contribution in [3.63, 3.8) is 0 Å². The molecule has 2 unspecified atom stereocenters. The summed E-state index contributed by atoms with van der Waals surface area (Å²) < 4.78 is 43.9. The van der Waals surface area contributed by atoms with Gasteiger partial charge in [0.15, 0.2) is 0 Å². The number of likely N-dealkylation sites (N-methyl/N-ethyl adjacent to an activating group) is 1. The molecular formula is C14H17F3N2O. The number of hydrogen-bond acceptors (Lipinski definition) is 3. The minimum absolute atomic E-state index is 0.241. The second kappa shape index (κ2) is 4.84. The first-order valence-corrected chi connectivity index (χ1v) is 6.80. The van der Waals surface area contributed by atoms with E-state index in [0.29, 0.717) is 31.4 Å². The quantitative estimate of drug-likeness (QED) is 0.859. The molecule has 0 spiro atoms. The van der Waals surface area contributed by atoms with Crippen LogP contribution in [0.4, 0.5) is 24.5 Å². The molecule has 6 heteroatoms. The molecule has 0 bridgehead atoms. The summed E-state index contributed by atoms with van der Waals surface area (Å²) in [5.74, 6) is 0.316. The second-order valence-electron chi connectivity index (χ2n) is 5.26. The molecule has 0 radical (unpaired) electrons. The fourth-order valence-corrected chi connectivity index (χ4v) is 3.06. The molecule has 0 aromatic heterocycles. The van der Waals surface area contributed by atoms with E-state index < -0.39 is 11.7 Å². The zero-order chi connectivity index (χ0) is 14.3. The van der Waals surface area contributed by atoms with Crippen molar-refractivity contribution in [1.29, 1.82) is 0 Å². The first-order chi connectivity index (χ1) is 9.50. The summed E-state index contributed by atoms with van der Waals surface area (Å²) in [6.07, 6.45) is -4.31. The van der Waals surface area contributed by atoms with Crippen LogP contribution in [0.1, 0.15) is 12.5 Å². The predicted octanol–water partition coefficient (Wildman–Crippen LogP) is 2.97. The molecule has 1 N–H and O–H groups in total. The number of fused-ring (bicyclic) bond motifs is 2. The van der Waals surface area contributed by atoms with E-state index in [0.717, 1.165) is 18.3 Å². The third-order valence-corrected chi connectivity index (χ3v) is 4.09. The molecule has 2 heterocycles. The lowest BCUT2D eigenvalue weighted by molar-refractivity contribution is -0.137. The molecule has 20 heavy (non-hydrogen) atoms. The summed E-state index contributed by atoms with van der Waals surface area (Å²) in [5, 5.41) is 3.15. The molecule has 0 saturated carbocycles. The number of halogens is 3. The Hall–Kier alpha value is -1.43. The Kier molecular flexibility index (Phi) is 3.28. The Morgan fingerprint density at radius 3 is 2.85 bits per heavy atom. The van der Waals surface area contributed by atoms with Crippen molar-refractivity contribution in [2.24, 2.45) is 5.92 Å². The summed E-state index contributed by atoms with van der Waals surface area (Å²) in [7, 11) is 0. The number of benzene rings is 1. The lowest BCUT2D eigenvalue weighted by Crippen LogP contribution is -2.40. The number of nitrogens with one attached hydrogen (secondary N) is 1. The van der Waals surface area contributed by atoms with Gasteiger partial charge < -0.3 is 15.0 Å². The zero-order valence-electron chi connectivity index (χ0n) is 11.2. The van der Waals surface area contributed by atoms with Crippen LogP contribution in [0.2, 0.25) is 0 Å². The fraction of sp³-hybridized carbons (Fsp3) is 0.571. The van der Waals surface area contributed by atoms with Crippen molar-refractivity contribution in [1.82, 2.24) is 0 Å². The molecule has 1 aromatic rings. The van der Waals surface area contributed by atoms with Crippen LogP contribution < -0.4 is 10.2 Å². The average Bonchev–Trinajstić information content (AvgIpc) is 2.80. The Morgan fingerprint density at radius 1 is 1.35 bits per heavy atom. The van der Waals surface area contributed by atoms with E-state index >= 15 is 0 Å². The normalized spacial score (nSPS) is 25.7. The number of ether oxygens (including phenoxy) is 1. The van der Waals surface area contributed by atoms with Gasteiger partial charge in [-0.25, -0.2) is 0 Å². The van der Waals surface area contributed by atoms with Gasteiger partial charge in [-0.15, -0.1) is 0 Å². The van der Waals surface area contributed by atoms with E-state index in [9.17, 15) is 13.2 Å². The number of hydrogen-bond donors (Lipinski definition) is 1. The molecule has 1 fully saturated rings. The minimum atomic E-state index is -4.31. The molecule has 110 valence electrons. The van der Waals surface area contributed by atoms with Crippen LogP contribution in [-0.2, 0) is 10.9 Å². The highest BCUT2D eigenvalue weighted by molar-refractivity contribution is 5.72. The monoisotopic (exact) mass is 286 g/mol. The van der Waals surface area contributed by atoms with Gasteiger partial charge in [0.2, 0.25) is 0 Å².